The van der Waals surface area contributed by atoms with Crippen molar-refractivity contribution in [3.8, 4) is 0 Å². The van der Waals surface area contributed by atoms with Gasteiger partial charge in [0.05, 0.1) is 10.0 Å². The Balaban J connectivity index is 2.11. The number of carbonyl (C=O) groups is 1. The van der Waals surface area contributed by atoms with Gasteiger partial charge in [0.2, 0.25) is 0 Å². The van der Waals surface area contributed by atoms with Crippen LogP contribution in [0.3, 0.4) is 0 Å². The van der Waals surface area contributed by atoms with E-state index in [0.29, 0.717) is 22.4 Å². The highest BCUT2D eigenvalue weighted by Crippen LogP contribution is 2.41. The molecule has 0 amide bonds. The van der Waals surface area contributed by atoms with E-state index in [4.69, 9.17) is 23.2 Å². The molecule has 22 heavy (non-hydrogen) atoms. The van der Waals surface area contributed by atoms with Crippen molar-refractivity contribution in [1.82, 2.24) is 0 Å². The van der Waals surface area contributed by atoms with E-state index in [-0.39, 0.29) is 11.2 Å². The van der Waals surface area contributed by atoms with E-state index < -0.39 is 0 Å². The van der Waals surface area contributed by atoms with Gasteiger partial charge in [0.15, 0.2) is 5.78 Å². The summed E-state index contributed by atoms with van der Waals surface area (Å²) in [5, 5.41) is 4.21. The molecule has 1 atom stereocenters. The summed E-state index contributed by atoms with van der Waals surface area (Å²) in [6.07, 6.45) is 5.43. The van der Waals surface area contributed by atoms with Crippen LogP contribution in [-0.2, 0) is 4.79 Å². The molecule has 4 heteroatoms. The van der Waals surface area contributed by atoms with Gasteiger partial charge in [-0.25, -0.2) is 0 Å². The molecule has 0 saturated heterocycles. The van der Waals surface area contributed by atoms with Crippen molar-refractivity contribution in [3.05, 3.63) is 40.0 Å². The lowest BCUT2D eigenvalue weighted by molar-refractivity contribution is -0.117. The van der Waals surface area contributed by atoms with Crippen LogP contribution in [0.5, 0.6) is 0 Å². The largest absolute Gasteiger partial charge is 0.361 e. The van der Waals surface area contributed by atoms with Crippen LogP contribution in [0.25, 0.3) is 0 Å². The van der Waals surface area contributed by atoms with Gasteiger partial charge in [-0.05, 0) is 42.4 Å². The summed E-state index contributed by atoms with van der Waals surface area (Å²) in [6.45, 7) is 6.79. The zero-order valence-corrected chi connectivity index (χ0v) is 14.9. The molecule has 1 aliphatic rings. The fraction of sp³-hybridized carbons (Fsp3) is 0.500. The molecule has 1 aromatic rings. The van der Waals surface area contributed by atoms with Crippen LogP contribution in [0.2, 0.25) is 10.0 Å². The van der Waals surface area contributed by atoms with Crippen LogP contribution in [0, 0.1) is 11.3 Å². The minimum atomic E-state index is 0.246. The molecule has 0 aromatic heterocycles. The lowest BCUT2D eigenvalue weighted by Gasteiger charge is -2.36. The third-order valence-corrected chi connectivity index (χ3v) is 5.63. The second-order valence-corrected chi connectivity index (χ2v) is 7.46. The molecular weight excluding hydrogens is 317 g/mol. The van der Waals surface area contributed by atoms with Crippen LogP contribution in [0.15, 0.2) is 30.0 Å². The Kier molecular flexibility index (Phi) is 5.57. The SMILES string of the molecule is CCC(C)(C)[C@@H]1CCC(=O)/C(=C/Nc2ccc(Cl)c(Cl)c2)C1. The lowest BCUT2D eigenvalue weighted by atomic mass is 9.68. The van der Waals surface area contributed by atoms with E-state index in [1.165, 1.54) is 0 Å². The summed E-state index contributed by atoms with van der Waals surface area (Å²) in [5.74, 6) is 0.799. The summed E-state index contributed by atoms with van der Waals surface area (Å²) in [7, 11) is 0. The maximum absolute atomic E-state index is 12.1. The number of anilines is 1. The summed E-state index contributed by atoms with van der Waals surface area (Å²) >= 11 is 11.9. The highest BCUT2D eigenvalue weighted by Gasteiger charge is 2.33. The van der Waals surface area contributed by atoms with Gasteiger partial charge in [-0.2, -0.15) is 0 Å². The average Bonchev–Trinajstić information content (AvgIpc) is 2.49. The molecule has 0 bridgehead atoms. The molecule has 1 saturated carbocycles. The van der Waals surface area contributed by atoms with Gasteiger partial charge in [0.1, 0.15) is 0 Å². The Morgan fingerprint density at radius 3 is 2.68 bits per heavy atom. The second-order valence-electron chi connectivity index (χ2n) is 6.65. The van der Waals surface area contributed by atoms with Crippen LogP contribution in [-0.4, -0.2) is 5.78 Å². The number of hydrogen-bond acceptors (Lipinski definition) is 2. The van der Waals surface area contributed by atoms with E-state index in [9.17, 15) is 4.79 Å². The molecule has 0 heterocycles. The molecule has 120 valence electrons. The predicted molar refractivity (Wildman–Crippen MR) is 94.6 cm³/mol. The Labute approximate surface area is 142 Å². The minimum Gasteiger partial charge on any atom is -0.361 e. The van der Waals surface area contributed by atoms with Crippen molar-refractivity contribution < 1.29 is 4.79 Å². The normalized spacial score (nSPS) is 21.2. The first kappa shape index (κ1) is 17.4. The highest BCUT2D eigenvalue weighted by atomic mass is 35.5. The standard InChI is InChI=1S/C18H23Cl2NO/c1-4-18(2,3)13-5-8-17(22)12(9-13)11-21-14-6-7-15(19)16(20)10-14/h6-7,10-11,13,21H,4-5,8-9H2,1-3H3/b12-11+/t13-/m1/s1. The monoisotopic (exact) mass is 339 g/mol. The molecule has 1 fully saturated rings. The Morgan fingerprint density at radius 2 is 2.05 bits per heavy atom. The number of allylic oxidation sites excluding steroid dienone is 1. The van der Waals surface area contributed by atoms with Crippen molar-refractivity contribution in [3.63, 3.8) is 0 Å². The molecular formula is C18H23Cl2NO. The molecule has 2 nitrogen and oxygen atoms in total. The van der Waals surface area contributed by atoms with E-state index >= 15 is 0 Å². The number of Topliss-reactive ketones (excluding diaryl/α,β-unsaturated/α-hetero) is 1. The third-order valence-electron chi connectivity index (χ3n) is 4.89. The molecule has 1 N–H and O–H groups in total. The van der Waals surface area contributed by atoms with Crippen LogP contribution in [0.4, 0.5) is 5.69 Å². The zero-order valence-electron chi connectivity index (χ0n) is 13.4. The van der Waals surface area contributed by atoms with Crippen molar-refractivity contribution in [2.75, 3.05) is 5.32 Å². The fourth-order valence-corrected chi connectivity index (χ4v) is 3.10. The van der Waals surface area contributed by atoms with Gasteiger partial charge in [0, 0.05) is 23.9 Å². The summed E-state index contributed by atoms with van der Waals surface area (Å²) in [4.78, 5) is 12.1. The maximum atomic E-state index is 12.1. The minimum absolute atomic E-state index is 0.246. The molecule has 0 aliphatic heterocycles. The van der Waals surface area contributed by atoms with Gasteiger partial charge < -0.3 is 5.32 Å². The number of rotatable bonds is 4. The summed E-state index contributed by atoms with van der Waals surface area (Å²) in [5.41, 5.74) is 1.99. The first-order chi connectivity index (χ1) is 10.3. The van der Waals surface area contributed by atoms with Gasteiger partial charge in [-0.15, -0.1) is 0 Å². The molecule has 0 spiro atoms. The third kappa shape index (κ3) is 4.05. The Hall–Kier alpha value is -0.990. The second kappa shape index (κ2) is 7.06. The molecule has 1 aliphatic carbocycles. The van der Waals surface area contributed by atoms with Crippen LogP contribution < -0.4 is 5.32 Å². The van der Waals surface area contributed by atoms with Gasteiger partial charge in [-0.3, -0.25) is 4.79 Å². The van der Waals surface area contributed by atoms with Crippen LogP contribution >= 0.6 is 23.2 Å². The van der Waals surface area contributed by atoms with Gasteiger partial charge in [-0.1, -0.05) is 50.4 Å². The predicted octanol–water partition coefficient (Wildman–Crippen LogP) is 6.09. The van der Waals surface area contributed by atoms with E-state index in [0.717, 1.165) is 30.5 Å². The number of hydrogen-bond donors (Lipinski definition) is 1. The number of ketones is 1. The van der Waals surface area contributed by atoms with E-state index in [2.05, 4.69) is 26.1 Å². The van der Waals surface area contributed by atoms with Gasteiger partial charge in [0.25, 0.3) is 0 Å². The number of carbonyl (C=O) groups excluding carboxylic acids is 1. The number of halogens is 2. The Bertz CT molecular complexity index is 593. The van der Waals surface area contributed by atoms with Crippen molar-refractivity contribution >= 4 is 34.7 Å². The summed E-state index contributed by atoms with van der Waals surface area (Å²) < 4.78 is 0. The fourth-order valence-electron chi connectivity index (χ4n) is 2.80. The molecule has 0 unspecified atom stereocenters. The van der Waals surface area contributed by atoms with Crippen LogP contribution in [0.1, 0.15) is 46.5 Å². The van der Waals surface area contributed by atoms with E-state index in [1.807, 2.05) is 12.3 Å². The topological polar surface area (TPSA) is 29.1 Å². The van der Waals surface area contributed by atoms with E-state index in [1.54, 1.807) is 12.1 Å². The number of nitrogens with one attached hydrogen (secondary N) is 1. The smallest absolute Gasteiger partial charge is 0.160 e. The molecule has 0 radical (unpaired) electrons. The van der Waals surface area contributed by atoms with Crippen molar-refractivity contribution in [2.24, 2.45) is 11.3 Å². The summed E-state index contributed by atoms with van der Waals surface area (Å²) in [6, 6.07) is 5.37. The van der Waals surface area contributed by atoms with Crippen molar-refractivity contribution in [1.29, 1.82) is 0 Å². The lowest BCUT2D eigenvalue weighted by Crippen LogP contribution is -2.29. The number of benzene rings is 1. The zero-order chi connectivity index (χ0) is 16.3. The quantitative estimate of drug-likeness (QED) is 0.672. The first-order valence-corrected chi connectivity index (χ1v) is 8.53. The molecule has 2 rings (SSSR count). The Morgan fingerprint density at radius 1 is 1.32 bits per heavy atom. The highest BCUT2D eigenvalue weighted by molar-refractivity contribution is 6.42. The van der Waals surface area contributed by atoms with Gasteiger partial charge >= 0.3 is 0 Å². The maximum Gasteiger partial charge on any atom is 0.160 e. The molecule has 1 aromatic carbocycles. The average molecular weight is 340 g/mol. The van der Waals surface area contributed by atoms with Crippen molar-refractivity contribution in [2.45, 2.75) is 46.5 Å². The first-order valence-electron chi connectivity index (χ1n) is 7.77.